The summed E-state index contributed by atoms with van der Waals surface area (Å²) in [7, 11) is -3.82. The van der Waals surface area contributed by atoms with Gasteiger partial charge in [-0.2, -0.15) is 0 Å². The molecule has 23 heavy (non-hydrogen) atoms. The molecular weight excluding hydrogens is 318 g/mol. The Kier molecular flexibility index (Phi) is 4.58. The molecule has 0 fully saturated rings. The second-order valence-corrected chi connectivity index (χ2v) is 7.76. The highest BCUT2D eigenvalue weighted by Gasteiger charge is 2.26. The summed E-state index contributed by atoms with van der Waals surface area (Å²) in [5.41, 5.74) is 0.308. The SMILES string of the molecule is Cc1ccc(NC(=O)c2ccc(S(=O)(=O)NC(C)(C)C)o2)nc1. The smallest absolute Gasteiger partial charge is 0.292 e. The average molecular weight is 337 g/mol. The van der Waals surface area contributed by atoms with Crippen LogP contribution in [-0.4, -0.2) is 24.8 Å². The van der Waals surface area contributed by atoms with Gasteiger partial charge in [0.15, 0.2) is 5.76 Å². The first-order valence-electron chi connectivity index (χ1n) is 6.95. The summed E-state index contributed by atoms with van der Waals surface area (Å²) in [6.45, 7) is 7.02. The van der Waals surface area contributed by atoms with E-state index >= 15 is 0 Å². The Morgan fingerprint density at radius 2 is 1.87 bits per heavy atom. The molecular formula is C15H19N3O4S. The first-order valence-corrected chi connectivity index (χ1v) is 8.43. The van der Waals surface area contributed by atoms with Crippen LogP contribution in [0, 0.1) is 6.92 Å². The monoisotopic (exact) mass is 337 g/mol. The van der Waals surface area contributed by atoms with Crippen molar-refractivity contribution in [3.63, 3.8) is 0 Å². The maximum atomic E-state index is 12.1. The minimum absolute atomic E-state index is 0.110. The van der Waals surface area contributed by atoms with Gasteiger partial charge in [0.2, 0.25) is 5.09 Å². The molecule has 0 aliphatic rings. The fourth-order valence-corrected chi connectivity index (χ4v) is 3.11. The van der Waals surface area contributed by atoms with Gasteiger partial charge in [0, 0.05) is 11.7 Å². The van der Waals surface area contributed by atoms with Crippen LogP contribution in [0.3, 0.4) is 0 Å². The number of carbonyl (C=O) groups is 1. The topological polar surface area (TPSA) is 101 Å². The maximum Gasteiger partial charge on any atom is 0.292 e. The molecule has 1 amide bonds. The lowest BCUT2D eigenvalue weighted by Crippen LogP contribution is -2.40. The zero-order valence-electron chi connectivity index (χ0n) is 13.4. The number of hydrogen-bond donors (Lipinski definition) is 2. The molecule has 8 heteroatoms. The van der Waals surface area contributed by atoms with Crippen LogP contribution in [0.5, 0.6) is 0 Å². The third kappa shape index (κ3) is 4.64. The number of pyridine rings is 1. The number of nitrogens with one attached hydrogen (secondary N) is 2. The van der Waals surface area contributed by atoms with Gasteiger partial charge in [0.05, 0.1) is 0 Å². The summed E-state index contributed by atoms with van der Waals surface area (Å²) in [5.74, 6) is -0.325. The quantitative estimate of drug-likeness (QED) is 0.891. The summed E-state index contributed by atoms with van der Waals surface area (Å²) in [5, 5.41) is 2.23. The van der Waals surface area contributed by atoms with E-state index in [1.165, 1.54) is 12.1 Å². The molecule has 2 rings (SSSR count). The predicted molar refractivity (Wildman–Crippen MR) is 85.7 cm³/mol. The number of amides is 1. The number of carbonyl (C=O) groups excluding carboxylic acids is 1. The molecule has 2 aromatic heterocycles. The van der Waals surface area contributed by atoms with Crippen LogP contribution in [0.2, 0.25) is 0 Å². The van der Waals surface area contributed by atoms with Crippen LogP contribution in [0.25, 0.3) is 0 Å². The van der Waals surface area contributed by atoms with Gasteiger partial charge in [-0.05, 0) is 51.5 Å². The van der Waals surface area contributed by atoms with Crippen LogP contribution in [0.15, 0.2) is 40.0 Å². The Balaban J connectivity index is 2.15. The molecule has 0 aromatic carbocycles. The number of aromatic nitrogens is 1. The minimum Gasteiger partial charge on any atom is -0.438 e. The fourth-order valence-electron chi connectivity index (χ4n) is 1.76. The van der Waals surface area contributed by atoms with Crippen LogP contribution in [0.4, 0.5) is 5.82 Å². The summed E-state index contributed by atoms with van der Waals surface area (Å²) in [6, 6.07) is 6.00. The second kappa shape index (κ2) is 6.13. The highest BCUT2D eigenvalue weighted by atomic mass is 32.2. The number of sulfonamides is 1. The van der Waals surface area contributed by atoms with Crippen molar-refractivity contribution in [1.29, 1.82) is 0 Å². The second-order valence-electron chi connectivity index (χ2n) is 6.15. The number of hydrogen-bond acceptors (Lipinski definition) is 5. The molecule has 0 unspecified atom stereocenters. The first kappa shape index (κ1) is 17.2. The van der Waals surface area contributed by atoms with Crippen LogP contribution < -0.4 is 10.0 Å². The number of anilines is 1. The number of aryl methyl sites for hydroxylation is 1. The van der Waals surface area contributed by atoms with E-state index < -0.39 is 21.5 Å². The lowest BCUT2D eigenvalue weighted by molar-refractivity contribution is 0.0991. The van der Waals surface area contributed by atoms with Crippen molar-refractivity contribution in [1.82, 2.24) is 9.71 Å². The molecule has 0 aliphatic heterocycles. The minimum atomic E-state index is -3.82. The molecule has 0 saturated carbocycles. The molecule has 2 N–H and O–H groups in total. The van der Waals surface area contributed by atoms with E-state index in [4.69, 9.17) is 4.42 Å². The van der Waals surface area contributed by atoms with E-state index in [1.54, 1.807) is 39.1 Å². The Bertz CT molecular complexity index is 802. The lowest BCUT2D eigenvalue weighted by Gasteiger charge is -2.18. The van der Waals surface area contributed by atoms with Crippen LogP contribution >= 0.6 is 0 Å². The highest BCUT2D eigenvalue weighted by Crippen LogP contribution is 2.17. The molecule has 124 valence electrons. The van der Waals surface area contributed by atoms with Gasteiger partial charge in [-0.1, -0.05) is 6.07 Å². The van der Waals surface area contributed by atoms with E-state index in [-0.39, 0.29) is 10.9 Å². The van der Waals surface area contributed by atoms with Gasteiger partial charge in [-0.25, -0.2) is 18.1 Å². The van der Waals surface area contributed by atoms with Gasteiger partial charge in [-0.15, -0.1) is 0 Å². The van der Waals surface area contributed by atoms with E-state index in [2.05, 4.69) is 15.0 Å². The molecule has 2 aromatic rings. The van der Waals surface area contributed by atoms with Crippen molar-refractivity contribution in [3.8, 4) is 0 Å². The molecule has 0 aliphatic carbocycles. The van der Waals surface area contributed by atoms with Crippen molar-refractivity contribution in [3.05, 3.63) is 41.8 Å². The van der Waals surface area contributed by atoms with Gasteiger partial charge in [0.1, 0.15) is 5.82 Å². The first-order chi connectivity index (χ1) is 10.6. The summed E-state index contributed by atoms with van der Waals surface area (Å²) >= 11 is 0. The van der Waals surface area contributed by atoms with E-state index in [1.807, 2.05) is 6.92 Å². The van der Waals surface area contributed by atoms with Gasteiger partial charge in [-0.3, -0.25) is 4.79 Å². The summed E-state index contributed by atoms with van der Waals surface area (Å²) in [6.07, 6.45) is 1.61. The molecule has 0 spiro atoms. The molecule has 0 radical (unpaired) electrons. The molecule has 2 heterocycles. The van der Waals surface area contributed by atoms with Crippen LogP contribution in [-0.2, 0) is 10.0 Å². The normalized spacial score (nSPS) is 12.2. The van der Waals surface area contributed by atoms with Crippen molar-refractivity contribution < 1.29 is 17.6 Å². The van der Waals surface area contributed by atoms with Crippen molar-refractivity contribution in [2.45, 2.75) is 38.3 Å². The standard InChI is InChI=1S/C15H19N3O4S/c1-10-5-7-12(16-9-10)17-14(19)11-6-8-13(22-11)23(20,21)18-15(2,3)4/h5-9,18H,1-4H3,(H,16,17,19). The largest absolute Gasteiger partial charge is 0.438 e. The van der Waals surface area contributed by atoms with Gasteiger partial charge in [0.25, 0.3) is 15.9 Å². The molecule has 0 bridgehead atoms. The van der Waals surface area contributed by atoms with Crippen LogP contribution in [0.1, 0.15) is 36.9 Å². The van der Waals surface area contributed by atoms with Crippen molar-refractivity contribution in [2.75, 3.05) is 5.32 Å². The third-order valence-electron chi connectivity index (χ3n) is 2.66. The summed E-state index contributed by atoms with van der Waals surface area (Å²) < 4.78 is 31.9. The molecule has 7 nitrogen and oxygen atoms in total. The Morgan fingerprint density at radius 1 is 1.17 bits per heavy atom. The Morgan fingerprint density at radius 3 is 2.43 bits per heavy atom. The number of rotatable bonds is 4. The average Bonchev–Trinajstić information content (AvgIpc) is 2.89. The third-order valence-corrected chi connectivity index (χ3v) is 4.29. The van der Waals surface area contributed by atoms with E-state index in [9.17, 15) is 13.2 Å². The maximum absolute atomic E-state index is 12.1. The van der Waals surface area contributed by atoms with E-state index in [0.29, 0.717) is 5.82 Å². The van der Waals surface area contributed by atoms with Gasteiger partial charge < -0.3 is 9.73 Å². The Hall–Kier alpha value is -2.19. The zero-order chi connectivity index (χ0) is 17.3. The van der Waals surface area contributed by atoms with Gasteiger partial charge >= 0.3 is 0 Å². The Labute approximate surface area is 135 Å². The predicted octanol–water partition coefficient (Wildman–Crippen LogP) is 2.31. The number of nitrogens with zero attached hydrogens (tertiary/aromatic N) is 1. The number of furan rings is 1. The highest BCUT2D eigenvalue weighted by molar-refractivity contribution is 7.89. The fraction of sp³-hybridized carbons (Fsp3) is 0.333. The summed E-state index contributed by atoms with van der Waals surface area (Å²) in [4.78, 5) is 16.1. The lowest BCUT2D eigenvalue weighted by atomic mass is 10.1. The van der Waals surface area contributed by atoms with E-state index in [0.717, 1.165) is 5.56 Å². The van der Waals surface area contributed by atoms with Crippen molar-refractivity contribution in [2.24, 2.45) is 0 Å². The molecule has 0 atom stereocenters. The van der Waals surface area contributed by atoms with Crippen molar-refractivity contribution >= 4 is 21.7 Å². The zero-order valence-corrected chi connectivity index (χ0v) is 14.2. The molecule has 0 saturated heterocycles.